The van der Waals surface area contributed by atoms with Crippen molar-refractivity contribution in [2.75, 3.05) is 0 Å². The van der Waals surface area contributed by atoms with Crippen molar-refractivity contribution in [3.8, 4) is 0 Å². The third-order valence-electron chi connectivity index (χ3n) is 3.98. The number of aryl methyl sites for hydroxylation is 1. The molecule has 0 saturated heterocycles. The normalized spacial score (nSPS) is 13.0. The molecule has 24 heavy (non-hydrogen) atoms. The van der Waals surface area contributed by atoms with Gasteiger partial charge in [-0.1, -0.05) is 32.8 Å². The Bertz CT molecular complexity index is 759. The molecule has 2 aromatic carbocycles. The van der Waals surface area contributed by atoms with Crippen LogP contribution in [0.2, 0.25) is 0 Å². The molecule has 1 atom stereocenters. The van der Waals surface area contributed by atoms with Crippen molar-refractivity contribution < 1.29 is 26.3 Å². The number of rotatable bonds is 2. The molecule has 0 N–H and O–H groups in total. The van der Waals surface area contributed by atoms with Crippen LogP contribution in [0.25, 0.3) is 0 Å². The fraction of sp³-hybridized carbons (Fsp3) is 0.294. The lowest BCUT2D eigenvalue weighted by atomic mass is 10.1. The van der Waals surface area contributed by atoms with Gasteiger partial charge in [0.1, 0.15) is 0 Å². The van der Waals surface area contributed by atoms with E-state index < -0.39 is 32.1 Å². The summed E-state index contributed by atoms with van der Waals surface area (Å²) in [6.45, 7) is 5.49. The molecule has 0 radical (unpaired) electrons. The third-order valence-corrected chi connectivity index (χ3v) is 5.48. The van der Waals surface area contributed by atoms with Crippen molar-refractivity contribution in [1.82, 2.24) is 0 Å². The maximum absolute atomic E-state index is 13.3. The quantitative estimate of drug-likeness (QED) is 0.503. The van der Waals surface area contributed by atoms with Gasteiger partial charge in [-0.05, 0) is 54.1 Å². The minimum atomic E-state index is -5.07. The molecule has 0 spiro atoms. The van der Waals surface area contributed by atoms with Crippen molar-refractivity contribution in [3.05, 3.63) is 58.1 Å². The van der Waals surface area contributed by atoms with Crippen molar-refractivity contribution in [2.24, 2.45) is 0 Å². The van der Waals surface area contributed by atoms with Crippen molar-refractivity contribution in [2.45, 2.75) is 33.1 Å². The molecule has 0 nitrogen and oxygen atoms in total. The molecule has 1 unspecified atom stereocenters. The third kappa shape index (κ3) is 3.75. The fourth-order valence-corrected chi connectivity index (χ4v) is 3.85. The van der Waals surface area contributed by atoms with Gasteiger partial charge >= 0.3 is 12.4 Å². The molecule has 0 saturated carbocycles. The molecular formula is C17H15F6P. The van der Waals surface area contributed by atoms with Crippen LogP contribution in [-0.2, 0) is 12.4 Å². The van der Waals surface area contributed by atoms with Gasteiger partial charge in [0.25, 0.3) is 0 Å². The second kappa shape index (κ2) is 6.40. The first-order valence-corrected chi connectivity index (χ1v) is 8.04. The van der Waals surface area contributed by atoms with Crippen LogP contribution in [0.15, 0.2) is 30.3 Å². The first-order valence-electron chi connectivity index (χ1n) is 7.04. The highest BCUT2D eigenvalue weighted by atomic mass is 31.1. The average molecular weight is 364 g/mol. The van der Waals surface area contributed by atoms with E-state index in [-0.39, 0.29) is 5.30 Å². The Morgan fingerprint density at radius 1 is 0.708 bits per heavy atom. The van der Waals surface area contributed by atoms with E-state index in [9.17, 15) is 26.3 Å². The Morgan fingerprint density at radius 2 is 1.33 bits per heavy atom. The zero-order valence-corrected chi connectivity index (χ0v) is 14.2. The van der Waals surface area contributed by atoms with Gasteiger partial charge in [-0.2, -0.15) is 26.3 Å². The molecule has 2 aromatic rings. The fourth-order valence-electron chi connectivity index (χ4n) is 2.43. The van der Waals surface area contributed by atoms with Crippen LogP contribution in [-0.4, -0.2) is 0 Å². The molecule has 2 rings (SSSR count). The van der Waals surface area contributed by atoms with E-state index in [0.29, 0.717) is 11.4 Å². The zero-order chi connectivity index (χ0) is 18.3. The minimum Gasteiger partial charge on any atom is -0.166 e. The summed E-state index contributed by atoms with van der Waals surface area (Å²) in [6, 6.07) is 6.06. The largest absolute Gasteiger partial charge is 0.417 e. The van der Waals surface area contributed by atoms with E-state index in [1.165, 1.54) is 0 Å². The summed E-state index contributed by atoms with van der Waals surface area (Å²) in [5.41, 5.74) is -0.504. The number of alkyl halides is 6. The molecular weight excluding hydrogens is 349 g/mol. The van der Waals surface area contributed by atoms with Gasteiger partial charge in [-0.25, -0.2) is 0 Å². The Morgan fingerprint density at radius 3 is 1.88 bits per heavy atom. The maximum atomic E-state index is 13.3. The van der Waals surface area contributed by atoms with Crippen molar-refractivity contribution in [3.63, 3.8) is 0 Å². The standard InChI is InChI=1S/C17H15F6P/c1-9-7-8-13(11(3)10(9)2)24-14-6-4-5-12(16(18,19)20)15(14)17(21,22)23/h4-8,24H,1-3H3. The predicted octanol–water partition coefficient (Wildman–Crippen LogP) is 5.28. The first kappa shape index (κ1) is 18.8. The van der Waals surface area contributed by atoms with Gasteiger partial charge in [0.2, 0.25) is 0 Å². The summed E-state index contributed by atoms with van der Waals surface area (Å²) in [4.78, 5) is 0. The predicted molar refractivity (Wildman–Crippen MR) is 84.7 cm³/mol. The van der Waals surface area contributed by atoms with Crippen LogP contribution in [0, 0.1) is 20.8 Å². The number of hydrogen-bond donors (Lipinski definition) is 0. The molecule has 0 aromatic heterocycles. The van der Waals surface area contributed by atoms with Gasteiger partial charge in [-0.3, -0.25) is 0 Å². The highest BCUT2D eigenvalue weighted by Gasteiger charge is 2.44. The lowest BCUT2D eigenvalue weighted by molar-refractivity contribution is -0.161. The highest BCUT2D eigenvalue weighted by Crippen LogP contribution is 2.41. The summed E-state index contributed by atoms with van der Waals surface area (Å²) in [5.74, 6) is 0. The van der Waals surface area contributed by atoms with Crippen LogP contribution in [0.4, 0.5) is 26.3 Å². The van der Waals surface area contributed by atoms with Gasteiger partial charge < -0.3 is 0 Å². The maximum Gasteiger partial charge on any atom is 0.417 e. The molecule has 0 amide bonds. The number of halogens is 6. The topological polar surface area (TPSA) is 0 Å². The van der Waals surface area contributed by atoms with Crippen molar-refractivity contribution >= 4 is 19.2 Å². The summed E-state index contributed by atoms with van der Waals surface area (Å²) < 4.78 is 78.9. The van der Waals surface area contributed by atoms with Crippen LogP contribution < -0.4 is 10.6 Å². The SMILES string of the molecule is Cc1ccc(Pc2cccc(C(F)(F)F)c2C(F)(F)F)c(C)c1C. The summed E-state index contributed by atoms with van der Waals surface area (Å²) >= 11 is 0. The summed E-state index contributed by atoms with van der Waals surface area (Å²) in [7, 11) is -0.504. The van der Waals surface area contributed by atoms with E-state index in [4.69, 9.17) is 0 Å². The summed E-state index contributed by atoms with van der Waals surface area (Å²) in [5, 5.41) is 0.270. The Hall–Kier alpha value is -1.55. The lowest BCUT2D eigenvalue weighted by Gasteiger charge is -2.20. The van der Waals surface area contributed by atoms with Gasteiger partial charge in [0, 0.05) is 0 Å². The second-order valence-electron chi connectivity index (χ2n) is 5.53. The monoisotopic (exact) mass is 364 g/mol. The second-order valence-corrected chi connectivity index (χ2v) is 6.86. The number of hydrogen-bond acceptors (Lipinski definition) is 0. The van der Waals surface area contributed by atoms with Crippen LogP contribution in [0.3, 0.4) is 0 Å². The molecule has 130 valence electrons. The molecule has 0 aliphatic rings. The van der Waals surface area contributed by atoms with Crippen molar-refractivity contribution in [1.29, 1.82) is 0 Å². The molecule has 0 bridgehead atoms. The first-order chi connectivity index (χ1) is 10.9. The van der Waals surface area contributed by atoms with E-state index in [1.54, 1.807) is 19.1 Å². The van der Waals surface area contributed by atoms with Crippen LogP contribution in [0.1, 0.15) is 27.8 Å². The Labute approximate surface area is 137 Å². The number of benzene rings is 2. The van der Waals surface area contributed by atoms with E-state index in [1.807, 2.05) is 13.8 Å². The van der Waals surface area contributed by atoms with Gasteiger partial charge in [0.15, 0.2) is 0 Å². The van der Waals surface area contributed by atoms with Crippen LogP contribution in [0.5, 0.6) is 0 Å². The van der Waals surface area contributed by atoms with Gasteiger partial charge in [-0.15, -0.1) is 0 Å². The molecule has 7 heteroatoms. The zero-order valence-electron chi connectivity index (χ0n) is 13.2. The lowest BCUT2D eigenvalue weighted by Crippen LogP contribution is -2.25. The molecule has 0 aliphatic carbocycles. The summed E-state index contributed by atoms with van der Waals surface area (Å²) in [6.07, 6.45) is -10.1. The smallest absolute Gasteiger partial charge is 0.166 e. The van der Waals surface area contributed by atoms with Gasteiger partial charge in [0.05, 0.1) is 11.1 Å². The van der Waals surface area contributed by atoms with E-state index in [0.717, 1.165) is 28.8 Å². The highest BCUT2D eigenvalue weighted by molar-refractivity contribution is 7.55. The Kier molecular flexibility index (Phi) is 5.01. The average Bonchev–Trinajstić information content (AvgIpc) is 2.45. The van der Waals surface area contributed by atoms with Crippen LogP contribution >= 0.6 is 8.58 Å². The minimum absolute atomic E-state index is 0.344. The molecule has 0 heterocycles. The molecule has 0 fully saturated rings. The molecule has 0 aliphatic heterocycles. The van der Waals surface area contributed by atoms with E-state index in [2.05, 4.69) is 0 Å². The Balaban J connectivity index is 2.62. The van der Waals surface area contributed by atoms with E-state index >= 15 is 0 Å².